The average molecular weight is 397 g/mol. The van der Waals surface area contributed by atoms with Crippen molar-refractivity contribution in [3.05, 3.63) is 64.1 Å². The van der Waals surface area contributed by atoms with E-state index in [1.165, 1.54) is 0 Å². The fraction of sp³-hybridized carbons (Fsp3) is 0.263. The van der Waals surface area contributed by atoms with Crippen molar-refractivity contribution in [3.63, 3.8) is 0 Å². The lowest BCUT2D eigenvalue weighted by molar-refractivity contribution is 0.0297. The lowest BCUT2D eigenvalue weighted by atomic mass is 10.2. The van der Waals surface area contributed by atoms with E-state index in [0.29, 0.717) is 34.2 Å². The van der Waals surface area contributed by atoms with Crippen LogP contribution in [0.15, 0.2) is 48.5 Å². The topological polar surface area (TPSA) is 61.8 Å². The highest BCUT2D eigenvalue weighted by Crippen LogP contribution is 2.16. The van der Waals surface area contributed by atoms with Crippen LogP contribution in [0.2, 0.25) is 10.0 Å². The van der Waals surface area contributed by atoms with Crippen molar-refractivity contribution >= 4 is 35.3 Å². The molecule has 0 radical (unpaired) electrons. The van der Waals surface area contributed by atoms with Gasteiger partial charge in [0, 0.05) is 10.0 Å². The van der Waals surface area contributed by atoms with E-state index in [4.69, 9.17) is 37.4 Å². The second kappa shape index (κ2) is 10.0. The molecule has 2 aromatic carbocycles. The molecule has 0 bridgehead atoms. The van der Waals surface area contributed by atoms with Crippen molar-refractivity contribution in [1.29, 1.82) is 0 Å². The number of hydrogen-bond donors (Lipinski definition) is 0. The van der Waals surface area contributed by atoms with Gasteiger partial charge >= 0.3 is 12.1 Å². The van der Waals surface area contributed by atoms with Crippen molar-refractivity contribution in [3.8, 4) is 5.75 Å². The van der Waals surface area contributed by atoms with Gasteiger partial charge < -0.3 is 14.2 Å². The minimum absolute atomic E-state index is 0.158. The third-order valence-electron chi connectivity index (χ3n) is 3.36. The summed E-state index contributed by atoms with van der Waals surface area (Å²) in [6.45, 7) is 1.93. The van der Waals surface area contributed by atoms with Gasteiger partial charge in [0.05, 0.1) is 18.3 Å². The molecule has 2 aromatic rings. The molecule has 0 saturated carbocycles. The molecule has 0 fully saturated rings. The Morgan fingerprint density at radius 3 is 2.46 bits per heavy atom. The van der Waals surface area contributed by atoms with E-state index < -0.39 is 12.1 Å². The smallest absolute Gasteiger partial charge is 0.459 e. The van der Waals surface area contributed by atoms with Gasteiger partial charge in [-0.25, -0.2) is 9.59 Å². The predicted molar refractivity (Wildman–Crippen MR) is 99.0 cm³/mol. The summed E-state index contributed by atoms with van der Waals surface area (Å²) in [5, 5.41) is 1.02. The third kappa shape index (κ3) is 6.94. The van der Waals surface area contributed by atoms with Gasteiger partial charge in [0.2, 0.25) is 0 Å². The fourth-order valence-electron chi connectivity index (χ4n) is 2.08. The number of rotatable bonds is 7. The van der Waals surface area contributed by atoms with Crippen LogP contribution < -0.4 is 4.74 Å². The Labute approximate surface area is 161 Å². The molecule has 0 aliphatic carbocycles. The van der Waals surface area contributed by atoms with Crippen LogP contribution in [0, 0.1) is 0 Å². The summed E-state index contributed by atoms with van der Waals surface area (Å²) in [6, 6.07) is 12.9. The molecule has 0 aliphatic rings. The van der Waals surface area contributed by atoms with Crippen molar-refractivity contribution in [1.82, 2.24) is 0 Å². The zero-order chi connectivity index (χ0) is 18.9. The molecule has 0 aromatic heterocycles. The highest BCUT2D eigenvalue weighted by molar-refractivity contribution is 6.31. The van der Waals surface area contributed by atoms with Crippen LogP contribution in [0.4, 0.5) is 4.79 Å². The third-order valence-corrected chi connectivity index (χ3v) is 3.85. The molecule has 26 heavy (non-hydrogen) atoms. The van der Waals surface area contributed by atoms with Crippen LogP contribution in [-0.2, 0) is 9.47 Å². The van der Waals surface area contributed by atoms with E-state index in [9.17, 15) is 9.59 Å². The first-order valence-electron chi connectivity index (χ1n) is 8.01. The molecule has 0 amide bonds. The second-order valence-corrected chi connectivity index (χ2v) is 6.40. The summed E-state index contributed by atoms with van der Waals surface area (Å²) in [6.07, 6.45) is -0.0477. The van der Waals surface area contributed by atoms with Crippen LogP contribution in [0.1, 0.15) is 30.1 Å². The van der Waals surface area contributed by atoms with Gasteiger partial charge in [0.25, 0.3) is 0 Å². The maximum absolute atomic E-state index is 12.0. The summed E-state index contributed by atoms with van der Waals surface area (Å²) >= 11 is 11.6. The van der Waals surface area contributed by atoms with Crippen LogP contribution in [0.25, 0.3) is 0 Å². The molecule has 0 spiro atoms. The zero-order valence-corrected chi connectivity index (χ0v) is 15.6. The van der Waals surface area contributed by atoms with Gasteiger partial charge in [0.1, 0.15) is 5.75 Å². The molecule has 2 rings (SSSR count). The number of halogens is 2. The SMILES string of the molecule is CC(CCCOC(=O)Oc1ccc(Cl)cc1)OC(=O)c1cccc(Cl)c1. The summed E-state index contributed by atoms with van der Waals surface area (Å²) in [7, 11) is 0. The van der Waals surface area contributed by atoms with Crippen LogP contribution in [0.5, 0.6) is 5.75 Å². The molecule has 0 aliphatic heterocycles. The molecule has 1 unspecified atom stereocenters. The monoisotopic (exact) mass is 396 g/mol. The lowest BCUT2D eigenvalue weighted by Crippen LogP contribution is -2.17. The molecule has 138 valence electrons. The summed E-state index contributed by atoms with van der Waals surface area (Å²) < 4.78 is 15.3. The predicted octanol–water partition coefficient (Wildman–Crippen LogP) is 5.53. The molecule has 5 nitrogen and oxygen atoms in total. The zero-order valence-electron chi connectivity index (χ0n) is 14.1. The van der Waals surface area contributed by atoms with Crippen molar-refractivity contribution in [2.45, 2.75) is 25.9 Å². The van der Waals surface area contributed by atoms with Crippen LogP contribution in [-0.4, -0.2) is 24.8 Å². The maximum atomic E-state index is 12.0. The Morgan fingerprint density at radius 1 is 1.04 bits per heavy atom. The van der Waals surface area contributed by atoms with E-state index >= 15 is 0 Å². The Kier molecular flexibility index (Phi) is 7.75. The van der Waals surface area contributed by atoms with E-state index in [1.807, 2.05) is 0 Å². The van der Waals surface area contributed by atoms with Crippen LogP contribution in [0.3, 0.4) is 0 Å². The first kappa shape index (κ1) is 20.1. The van der Waals surface area contributed by atoms with E-state index in [0.717, 1.165) is 0 Å². The van der Waals surface area contributed by atoms with Gasteiger partial charge in [-0.3, -0.25) is 0 Å². The lowest BCUT2D eigenvalue weighted by Gasteiger charge is -2.13. The summed E-state index contributed by atoms with van der Waals surface area (Å²) in [4.78, 5) is 23.5. The van der Waals surface area contributed by atoms with Crippen molar-refractivity contribution < 1.29 is 23.8 Å². The number of ether oxygens (including phenoxy) is 3. The highest BCUT2D eigenvalue weighted by Gasteiger charge is 2.13. The van der Waals surface area contributed by atoms with Gasteiger partial charge in [-0.2, -0.15) is 0 Å². The largest absolute Gasteiger partial charge is 0.513 e. The van der Waals surface area contributed by atoms with E-state index in [2.05, 4.69) is 0 Å². The fourth-order valence-corrected chi connectivity index (χ4v) is 2.40. The van der Waals surface area contributed by atoms with Gasteiger partial charge in [-0.1, -0.05) is 29.3 Å². The number of carbonyl (C=O) groups excluding carboxylic acids is 2. The van der Waals surface area contributed by atoms with Crippen molar-refractivity contribution in [2.24, 2.45) is 0 Å². The summed E-state index contributed by atoms with van der Waals surface area (Å²) in [5.74, 6) is -0.0914. The standard InChI is InChI=1S/C19H18Cl2O5/c1-13(25-18(22)14-5-2-6-16(21)12-14)4-3-11-24-19(23)26-17-9-7-15(20)8-10-17/h2,5-10,12-13H,3-4,11H2,1H3. The molecule has 0 heterocycles. The quantitative estimate of drug-likeness (QED) is 0.349. The minimum atomic E-state index is -0.795. The Bertz CT molecular complexity index is 746. The molecule has 1 atom stereocenters. The highest BCUT2D eigenvalue weighted by atomic mass is 35.5. The minimum Gasteiger partial charge on any atom is -0.459 e. The van der Waals surface area contributed by atoms with Crippen molar-refractivity contribution in [2.75, 3.05) is 6.61 Å². The van der Waals surface area contributed by atoms with Gasteiger partial charge in [-0.15, -0.1) is 0 Å². The number of hydrogen-bond acceptors (Lipinski definition) is 5. The second-order valence-electron chi connectivity index (χ2n) is 5.52. The summed E-state index contributed by atoms with van der Waals surface area (Å²) in [5.41, 5.74) is 0.396. The molecular formula is C19H18Cl2O5. The average Bonchev–Trinajstić information content (AvgIpc) is 2.61. The molecule has 7 heteroatoms. The molecular weight excluding hydrogens is 379 g/mol. The maximum Gasteiger partial charge on any atom is 0.513 e. The van der Waals surface area contributed by atoms with E-state index in [1.54, 1.807) is 55.5 Å². The Morgan fingerprint density at radius 2 is 1.77 bits per heavy atom. The molecule has 0 N–H and O–H groups in total. The normalized spacial score (nSPS) is 11.5. The Hall–Kier alpha value is -2.24. The first-order valence-corrected chi connectivity index (χ1v) is 8.76. The van der Waals surface area contributed by atoms with E-state index in [-0.39, 0.29) is 12.7 Å². The number of carbonyl (C=O) groups is 2. The number of esters is 1. The first-order chi connectivity index (χ1) is 12.4. The Balaban J connectivity index is 1.65. The van der Waals surface area contributed by atoms with Crippen LogP contribution >= 0.6 is 23.2 Å². The number of benzene rings is 2. The molecule has 0 saturated heterocycles. The van der Waals surface area contributed by atoms with Gasteiger partial charge in [0.15, 0.2) is 0 Å². The van der Waals surface area contributed by atoms with Gasteiger partial charge in [-0.05, 0) is 62.2 Å².